The fourth-order valence-electron chi connectivity index (χ4n) is 1.71. The molecule has 1 aromatic carbocycles. The monoisotopic (exact) mass is 568 g/mol. The van der Waals surface area contributed by atoms with Gasteiger partial charge in [0.05, 0.1) is 17.5 Å². The molecule has 124 valence electrons. The van der Waals surface area contributed by atoms with Gasteiger partial charge in [-0.25, -0.2) is 4.79 Å². The van der Waals surface area contributed by atoms with Crippen molar-refractivity contribution in [2.75, 3.05) is 5.32 Å². The number of hydrogen-bond donors (Lipinski definition) is 3. The molecule has 1 amide bonds. The average molecular weight is 568 g/mol. The predicted molar refractivity (Wildman–Crippen MR) is 111 cm³/mol. The van der Waals surface area contributed by atoms with Gasteiger partial charge in [-0.3, -0.25) is 10.1 Å². The third-order valence-electron chi connectivity index (χ3n) is 2.70. The number of benzene rings is 1. The van der Waals surface area contributed by atoms with Gasteiger partial charge in [0.1, 0.15) is 5.76 Å². The summed E-state index contributed by atoms with van der Waals surface area (Å²) in [4.78, 5) is 23.2. The fraction of sp³-hybridized carbons (Fsp3) is 0. The number of aromatic carboxylic acids is 1. The smallest absolute Gasteiger partial charge is 0.337 e. The van der Waals surface area contributed by atoms with Crippen LogP contribution in [-0.4, -0.2) is 22.1 Å². The molecule has 0 atom stereocenters. The molecular formula is C15H10I2N2O4S. The summed E-state index contributed by atoms with van der Waals surface area (Å²) in [5, 5.41) is 14.5. The summed E-state index contributed by atoms with van der Waals surface area (Å²) < 4.78 is 6.54. The molecular weight excluding hydrogens is 558 g/mol. The van der Waals surface area contributed by atoms with Crippen molar-refractivity contribution in [2.45, 2.75) is 0 Å². The normalized spacial score (nSPS) is 10.6. The molecule has 0 bridgehead atoms. The molecule has 0 saturated carbocycles. The maximum Gasteiger partial charge on any atom is 0.337 e. The van der Waals surface area contributed by atoms with Crippen LogP contribution in [0, 0.1) is 7.14 Å². The van der Waals surface area contributed by atoms with Gasteiger partial charge in [-0.2, -0.15) is 0 Å². The molecule has 0 unspecified atom stereocenters. The number of rotatable bonds is 4. The zero-order valence-electron chi connectivity index (χ0n) is 11.9. The number of thiocarbonyl (C=S) groups is 1. The molecule has 3 N–H and O–H groups in total. The van der Waals surface area contributed by atoms with E-state index >= 15 is 0 Å². The minimum absolute atomic E-state index is 0.00530. The number of furan rings is 1. The van der Waals surface area contributed by atoms with Crippen molar-refractivity contribution >= 4 is 86.2 Å². The molecule has 2 aromatic rings. The lowest BCUT2D eigenvalue weighted by atomic mass is 10.2. The number of hydrogen-bond acceptors (Lipinski definition) is 4. The van der Waals surface area contributed by atoms with Crippen LogP contribution in [-0.2, 0) is 4.79 Å². The Balaban J connectivity index is 2.07. The number of amides is 1. The minimum atomic E-state index is -1.08. The first-order valence-electron chi connectivity index (χ1n) is 6.42. The fourth-order valence-corrected chi connectivity index (χ4v) is 3.89. The number of halogens is 2. The second-order valence-electron chi connectivity index (χ2n) is 4.41. The van der Waals surface area contributed by atoms with Gasteiger partial charge in [0.25, 0.3) is 0 Å². The molecule has 2 rings (SSSR count). The van der Waals surface area contributed by atoms with Crippen LogP contribution in [0.1, 0.15) is 16.1 Å². The molecule has 0 fully saturated rings. The molecule has 9 heteroatoms. The van der Waals surface area contributed by atoms with Crippen LogP contribution in [0.3, 0.4) is 0 Å². The molecule has 0 aliphatic heterocycles. The lowest BCUT2D eigenvalue weighted by Crippen LogP contribution is -2.33. The van der Waals surface area contributed by atoms with E-state index in [0.29, 0.717) is 15.0 Å². The SMILES string of the molecule is O=C(C=Cc1ccco1)NC(=S)Nc1c(I)cc(I)cc1C(=O)O. The summed E-state index contributed by atoms with van der Waals surface area (Å²) in [6.07, 6.45) is 4.26. The van der Waals surface area contributed by atoms with E-state index in [2.05, 4.69) is 10.6 Å². The van der Waals surface area contributed by atoms with E-state index in [4.69, 9.17) is 16.6 Å². The Hall–Kier alpha value is -1.47. The topological polar surface area (TPSA) is 91.6 Å². The van der Waals surface area contributed by atoms with Gasteiger partial charge in [0.2, 0.25) is 5.91 Å². The summed E-state index contributed by atoms with van der Waals surface area (Å²) >= 11 is 9.11. The highest BCUT2D eigenvalue weighted by Crippen LogP contribution is 2.26. The van der Waals surface area contributed by atoms with Crippen molar-refractivity contribution in [2.24, 2.45) is 0 Å². The van der Waals surface area contributed by atoms with Crippen LogP contribution in [0.5, 0.6) is 0 Å². The number of carboxylic acid groups (broad SMARTS) is 1. The van der Waals surface area contributed by atoms with Gasteiger partial charge in [0.15, 0.2) is 5.11 Å². The summed E-state index contributed by atoms with van der Waals surface area (Å²) in [7, 11) is 0. The van der Waals surface area contributed by atoms with E-state index in [-0.39, 0.29) is 10.7 Å². The maximum absolute atomic E-state index is 11.8. The minimum Gasteiger partial charge on any atom is -0.478 e. The van der Waals surface area contributed by atoms with Gasteiger partial charge < -0.3 is 14.8 Å². The largest absolute Gasteiger partial charge is 0.478 e. The number of anilines is 1. The molecule has 0 saturated heterocycles. The number of carboxylic acids is 1. The first-order chi connectivity index (χ1) is 11.4. The second kappa shape index (κ2) is 8.58. The molecule has 1 aromatic heterocycles. The van der Waals surface area contributed by atoms with Crippen LogP contribution < -0.4 is 10.6 Å². The van der Waals surface area contributed by atoms with Crippen molar-refractivity contribution in [1.82, 2.24) is 5.32 Å². The van der Waals surface area contributed by atoms with Gasteiger partial charge >= 0.3 is 5.97 Å². The van der Waals surface area contributed by atoms with E-state index < -0.39 is 11.9 Å². The average Bonchev–Trinajstić information content (AvgIpc) is 3.00. The third kappa shape index (κ3) is 5.27. The Labute approximate surface area is 170 Å². The standard InChI is InChI=1S/C15H10I2N2O4S/c16-8-6-10(14(21)22)13(11(17)7-8)19-15(24)18-12(20)4-3-9-2-1-5-23-9/h1-7H,(H,21,22)(H2,18,19,20,24). The van der Waals surface area contributed by atoms with Gasteiger partial charge in [-0.1, -0.05) is 0 Å². The highest BCUT2D eigenvalue weighted by atomic mass is 127. The molecule has 6 nitrogen and oxygen atoms in total. The van der Waals surface area contributed by atoms with Crippen molar-refractivity contribution < 1.29 is 19.1 Å². The van der Waals surface area contributed by atoms with Crippen molar-refractivity contribution in [3.63, 3.8) is 0 Å². The number of carbonyl (C=O) groups is 2. The van der Waals surface area contributed by atoms with E-state index in [1.54, 1.807) is 18.2 Å². The zero-order valence-corrected chi connectivity index (χ0v) is 17.0. The highest BCUT2D eigenvalue weighted by Gasteiger charge is 2.16. The highest BCUT2D eigenvalue weighted by molar-refractivity contribution is 14.1. The zero-order chi connectivity index (χ0) is 17.7. The van der Waals surface area contributed by atoms with Crippen molar-refractivity contribution in [3.05, 3.63) is 55.1 Å². The quantitative estimate of drug-likeness (QED) is 0.296. The lowest BCUT2D eigenvalue weighted by molar-refractivity contribution is -0.115. The predicted octanol–water partition coefficient (Wildman–Crippen LogP) is 3.71. The summed E-state index contributed by atoms with van der Waals surface area (Å²) in [5.74, 6) is -1.01. The molecule has 0 spiro atoms. The number of nitrogens with one attached hydrogen (secondary N) is 2. The summed E-state index contributed by atoms with van der Waals surface area (Å²) in [6, 6.07) is 6.73. The Morgan fingerprint density at radius 3 is 2.67 bits per heavy atom. The first-order valence-corrected chi connectivity index (χ1v) is 8.99. The van der Waals surface area contributed by atoms with Crippen LogP contribution in [0.15, 0.2) is 41.0 Å². The second-order valence-corrected chi connectivity index (χ2v) is 7.22. The van der Waals surface area contributed by atoms with E-state index in [1.807, 2.05) is 45.2 Å². The van der Waals surface area contributed by atoms with E-state index in [1.165, 1.54) is 24.5 Å². The number of carbonyl (C=O) groups excluding carboxylic acids is 1. The Bertz CT molecular complexity index is 819. The van der Waals surface area contributed by atoms with E-state index in [0.717, 1.165) is 3.57 Å². The van der Waals surface area contributed by atoms with Crippen LogP contribution in [0.4, 0.5) is 5.69 Å². The molecule has 1 heterocycles. The molecule has 24 heavy (non-hydrogen) atoms. The van der Waals surface area contributed by atoms with E-state index in [9.17, 15) is 14.7 Å². The Morgan fingerprint density at radius 2 is 2.04 bits per heavy atom. The molecule has 0 aliphatic rings. The first kappa shape index (κ1) is 18.9. The lowest BCUT2D eigenvalue weighted by Gasteiger charge is -2.13. The van der Waals surface area contributed by atoms with Crippen molar-refractivity contribution in [1.29, 1.82) is 0 Å². The molecule has 0 aliphatic carbocycles. The van der Waals surface area contributed by atoms with Crippen LogP contribution in [0.2, 0.25) is 0 Å². The Kier molecular flexibility index (Phi) is 6.74. The van der Waals surface area contributed by atoms with Crippen LogP contribution >= 0.6 is 57.4 Å². The maximum atomic E-state index is 11.8. The van der Waals surface area contributed by atoms with Gasteiger partial charge in [-0.15, -0.1) is 0 Å². The Morgan fingerprint density at radius 1 is 1.29 bits per heavy atom. The summed E-state index contributed by atoms with van der Waals surface area (Å²) in [5.41, 5.74) is 0.415. The van der Waals surface area contributed by atoms with Gasteiger partial charge in [0, 0.05) is 13.2 Å². The van der Waals surface area contributed by atoms with Crippen LogP contribution in [0.25, 0.3) is 6.08 Å². The van der Waals surface area contributed by atoms with Gasteiger partial charge in [-0.05, 0) is 87.7 Å². The summed E-state index contributed by atoms with van der Waals surface area (Å²) in [6.45, 7) is 0. The van der Waals surface area contributed by atoms with Crippen molar-refractivity contribution in [3.8, 4) is 0 Å². The molecule has 0 radical (unpaired) electrons. The third-order valence-corrected chi connectivity index (χ3v) is 4.38.